The maximum absolute atomic E-state index is 12.1. The predicted octanol–water partition coefficient (Wildman–Crippen LogP) is 5.12. The van der Waals surface area contributed by atoms with Crippen LogP contribution in [0.4, 0.5) is 0 Å². The van der Waals surface area contributed by atoms with Crippen LogP contribution in [-0.2, 0) is 15.4 Å². The Kier molecular flexibility index (Phi) is 7.39. The Hall–Kier alpha value is -1.56. The molecule has 1 unspecified atom stereocenters. The van der Waals surface area contributed by atoms with E-state index in [0.29, 0.717) is 11.8 Å². The fraction of sp³-hybridized carbons (Fsp3) is 0.500. The molecule has 0 heterocycles. The molecule has 0 amide bonds. The van der Waals surface area contributed by atoms with Crippen LogP contribution >= 0.6 is 0 Å². The lowest BCUT2D eigenvalue weighted by molar-refractivity contribution is 0.275. The van der Waals surface area contributed by atoms with Crippen molar-refractivity contribution < 1.29 is 8.63 Å². The summed E-state index contributed by atoms with van der Waals surface area (Å²) in [6.07, 6.45) is 3.91. The summed E-state index contributed by atoms with van der Waals surface area (Å²) in [5.74, 6) is 1.13. The molecule has 31 heavy (non-hydrogen) atoms. The van der Waals surface area contributed by atoms with Crippen molar-refractivity contribution in [3.63, 3.8) is 0 Å². The molecule has 0 saturated heterocycles. The highest BCUT2D eigenvalue weighted by Gasteiger charge is 2.51. The smallest absolute Gasteiger partial charge is 0.261 e. The molecule has 168 valence electrons. The number of hydrogen-bond donors (Lipinski definition) is 0. The molecule has 1 aliphatic carbocycles. The van der Waals surface area contributed by atoms with E-state index in [-0.39, 0.29) is 9.79 Å². The van der Waals surface area contributed by atoms with Crippen molar-refractivity contribution in [2.75, 3.05) is 6.61 Å². The molecule has 3 atom stereocenters. The first kappa shape index (κ1) is 24.1. The highest BCUT2D eigenvalue weighted by molar-refractivity contribution is 7.85. The van der Waals surface area contributed by atoms with Crippen LogP contribution < -0.4 is 10.4 Å². The van der Waals surface area contributed by atoms with Crippen LogP contribution in [0.15, 0.2) is 65.1 Å². The maximum atomic E-state index is 12.1. The fourth-order valence-electron chi connectivity index (χ4n) is 4.20. The Balaban J connectivity index is 1.76. The Morgan fingerprint density at radius 2 is 1.45 bits per heavy atom. The quantitative estimate of drug-likeness (QED) is 0.409. The first-order valence-electron chi connectivity index (χ1n) is 11.3. The van der Waals surface area contributed by atoms with E-state index in [9.17, 15) is 4.21 Å². The van der Waals surface area contributed by atoms with Crippen molar-refractivity contribution in [2.24, 2.45) is 16.2 Å². The predicted molar refractivity (Wildman–Crippen MR) is 136 cm³/mol. The Morgan fingerprint density at radius 3 is 1.90 bits per heavy atom. The monoisotopic (exact) mass is 455 g/mol. The van der Waals surface area contributed by atoms with E-state index in [1.54, 1.807) is 0 Å². The van der Waals surface area contributed by atoms with Crippen molar-refractivity contribution in [2.45, 2.75) is 64.2 Å². The minimum atomic E-state index is -2.46. The molecule has 0 aromatic heterocycles. The summed E-state index contributed by atoms with van der Waals surface area (Å²) in [5.41, 5.74) is 0. The van der Waals surface area contributed by atoms with Gasteiger partial charge in [0.05, 0.1) is 4.75 Å². The summed E-state index contributed by atoms with van der Waals surface area (Å²) in [7, 11) is -3.63. The summed E-state index contributed by atoms with van der Waals surface area (Å²) < 4.78 is 23.1. The standard InChI is InChI=1S/C26H37NO2SSi/c1-25(2,3)30(28)27-18-17-21-19-22(21)20-29-31(26(4,5)6,23-13-9-7-10-14-23)24-15-11-8-12-16-24/h7-16,18,21-22H,17,19-20H2,1-6H3/b27-18+/t21-,22+,30?/m0/s1. The molecular formula is C26H37NO2SSi. The van der Waals surface area contributed by atoms with E-state index < -0.39 is 19.3 Å². The van der Waals surface area contributed by atoms with Crippen molar-refractivity contribution >= 4 is 35.9 Å². The molecule has 0 aliphatic heterocycles. The minimum Gasteiger partial charge on any atom is -0.407 e. The van der Waals surface area contributed by atoms with Gasteiger partial charge >= 0.3 is 0 Å². The zero-order valence-electron chi connectivity index (χ0n) is 19.8. The van der Waals surface area contributed by atoms with Crippen LogP contribution in [0.25, 0.3) is 0 Å². The van der Waals surface area contributed by atoms with Crippen LogP contribution in [0.2, 0.25) is 5.04 Å². The van der Waals surface area contributed by atoms with Crippen molar-refractivity contribution in [3.8, 4) is 0 Å². The van der Waals surface area contributed by atoms with E-state index in [0.717, 1.165) is 19.4 Å². The van der Waals surface area contributed by atoms with Gasteiger partial charge in [-0.15, -0.1) is 0 Å². The van der Waals surface area contributed by atoms with Gasteiger partial charge in [0.2, 0.25) is 0 Å². The highest BCUT2D eigenvalue weighted by atomic mass is 32.2. The lowest BCUT2D eigenvalue weighted by atomic mass is 10.2. The second-order valence-corrected chi connectivity index (χ2v) is 16.9. The third kappa shape index (κ3) is 5.63. The van der Waals surface area contributed by atoms with Crippen LogP contribution in [-0.4, -0.2) is 30.1 Å². The first-order chi connectivity index (χ1) is 14.6. The van der Waals surface area contributed by atoms with Crippen LogP contribution in [0, 0.1) is 11.8 Å². The van der Waals surface area contributed by atoms with E-state index >= 15 is 0 Å². The average Bonchev–Trinajstić information content (AvgIpc) is 3.46. The molecule has 3 nitrogen and oxygen atoms in total. The molecule has 0 N–H and O–H groups in total. The average molecular weight is 456 g/mol. The topological polar surface area (TPSA) is 38.7 Å². The Bertz CT molecular complexity index is 861. The van der Waals surface area contributed by atoms with E-state index in [4.69, 9.17) is 4.43 Å². The lowest BCUT2D eigenvalue weighted by Crippen LogP contribution is -2.66. The Labute approximate surface area is 192 Å². The molecule has 1 aliphatic rings. The van der Waals surface area contributed by atoms with Crippen molar-refractivity contribution in [3.05, 3.63) is 60.7 Å². The molecule has 0 spiro atoms. The van der Waals surface area contributed by atoms with Crippen LogP contribution in [0.5, 0.6) is 0 Å². The summed E-state index contributed by atoms with van der Waals surface area (Å²) in [6, 6.07) is 21.6. The normalized spacial score (nSPS) is 20.7. The molecule has 2 aromatic rings. The SMILES string of the molecule is CC(C)(C)S(=O)/N=C/C[C@H]1C[C@@H]1CO[Si](c1ccccc1)(c1ccccc1)C(C)(C)C. The fourth-order valence-corrected chi connectivity index (χ4v) is 9.36. The van der Waals surface area contributed by atoms with E-state index in [1.165, 1.54) is 10.4 Å². The molecule has 0 radical (unpaired) electrons. The molecule has 1 saturated carbocycles. The highest BCUT2D eigenvalue weighted by Crippen LogP contribution is 2.43. The van der Waals surface area contributed by atoms with Crippen molar-refractivity contribution in [1.82, 2.24) is 0 Å². The molecule has 1 fully saturated rings. The van der Waals surface area contributed by atoms with Gasteiger partial charge in [0.1, 0.15) is 11.0 Å². The van der Waals surface area contributed by atoms with Gasteiger partial charge in [-0.3, -0.25) is 0 Å². The molecule has 3 rings (SSSR count). The lowest BCUT2D eigenvalue weighted by Gasteiger charge is -2.43. The third-order valence-electron chi connectivity index (χ3n) is 6.10. The van der Waals surface area contributed by atoms with Gasteiger partial charge in [-0.2, -0.15) is 4.40 Å². The van der Waals surface area contributed by atoms with Gasteiger partial charge in [0.25, 0.3) is 8.32 Å². The molecule has 0 bridgehead atoms. The first-order valence-corrected chi connectivity index (χ1v) is 14.3. The largest absolute Gasteiger partial charge is 0.407 e. The van der Waals surface area contributed by atoms with Crippen molar-refractivity contribution in [1.29, 1.82) is 0 Å². The number of rotatable bonds is 8. The second kappa shape index (κ2) is 9.51. The summed E-state index contributed by atoms with van der Waals surface area (Å²) in [5, 5.41) is 2.66. The molecule has 2 aromatic carbocycles. The van der Waals surface area contributed by atoms with Gasteiger partial charge in [-0.05, 0) is 60.9 Å². The molecule has 5 heteroatoms. The second-order valence-electron chi connectivity index (χ2n) is 10.6. The summed E-state index contributed by atoms with van der Waals surface area (Å²) >= 11 is 0. The van der Waals surface area contributed by atoms with E-state index in [2.05, 4.69) is 85.8 Å². The van der Waals surface area contributed by atoms with Gasteiger partial charge in [0, 0.05) is 12.8 Å². The van der Waals surface area contributed by atoms with Crippen LogP contribution in [0.1, 0.15) is 54.4 Å². The zero-order valence-corrected chi connectivity index (χ0v) is 21.6. The summed E-state index contributed by atoms with van der Waals surface area (Å²) in [4.78, 5) is 0. The number of nitrogens with zero attached hydrogens (tertiary/aromatic N) is 1. The number of hydrogen-bond acceptors (Lipinski definition) is 2. The zero-order chi connectivity index (χ0) is 22.7. The maximum Gasteiger partial charge on any atom is 0.261 e. The Morgan fingerprint density at radius 1 is 0.935 bits per heavy atom. The van der Waals surface area contributed by atoms with Crippen LogP contribution in [0.3, 0.4) is 0 Å². The van der Waals surface area contributed by atoms with Gasteiger partial charge in [-0.1, -0.05) is 81.4 Å². The van der Waals surface area contributed by atoms with Gasteiger partial charge in [-0.25, -0.2) is 4.21 Å². The van der Waals surface area contributed by atoms with Gasteiger partial charge in [0.15, 0.2) is 0 Å². The van der Waals surface area contributed by atoms with Gasteiger partial charge < -0.3 is 4.43 Å². The third-order valence-corrected chi connectivity index (χ3v) is 12.5. The van der Waals surface area contributed by atoms with E-state index in [1.807, 2.05) is 27.0 Å². The number of benzene rings is 2. The minimum absolute atomic E-state index is 0.00512. The molecular weight excluding hydrogens is 418 g/mol. The summed E-state index contributed by atoms with van der Waals surface area (Å²) in [6.45, 7) is 13.6.